The summed E-state index contributed by atoms with van der Waals surface area (Å²) in [5, 5.41) is 0. The maximum atomic E-state index is 12.4. The Hall–Kier alpha value is -1.93. The Morgan fingerprint density at radius 1 is 1.04 bits per heavy atom. The number of hydrogen-bond donors (Lipinski definition) is 1. The Labute approximate surface area is 148 Å². The molecule has 0 heterocycles. The van der Waals surface area contributed by atoms with E-state index in [9.17, 15) is 18.0 Å². The van der Waals surface area contributed by atoms with E-state index in [-0.39, 0.29) is 41.6 Å². The van der Waals surface area contributed by atoms with E-state index in [1.165, 1.54) is 18.2 Å². The van der Waals surface area contributed by atoms with Gasteiger partial charge < -0.3 is 9.47 Å². The number of sulfonamides is 1. The van der Waals surface area contributed by atoms with Gasteiger partial charge in [0.25, 0.3) is 0 Å². The van der Waals surface area contributed by atoms with Crippen molar-refractivity contribution in [2.75, 3.05) is 6.54 Å². The molecule has 0 aromatic heterocycles. The van der Waals surface area contributed by atoms with Crippen molar-refractivity contribution in [3.8, 4) is 0 Å². The maximum absolute atomic E-state index is 12.4. The van der Waals surface area contributed by atoms with Gasteiger partial charge in [0.15, 0.2) is 0 Å². The van der Waals surface area contributed by atoms with Crippen molar-refractivity contribution >= 4 is 22.0 Å². The van der Waals surface area contributed by atoms with E-state index < -0.39 is 16.0 Å². The molecule has 0 fully saturated rings. The minimum atomic E-state index is -3.90. The fraction of sp³-hybridized carbons (Fsp3) is 0.529. The summed E-state index contributed by atoms with van der Waals surface area (Å²) in [5.41, 5.74) is -0.0251. The van der Waals surface area contributed by atoms with Gasteiger partial charge in [0, 0.05) is 13.0 Å². The molecule has 0 unspecified atom stereocenters. The van der Waals surface area contributed by atoms with Crippen LogP contribution in [0.2, 0.25) is 0 Å². The van der Waals surface area contributed by atoms with Gasteiger partial charge >= 0.3 is 11.9 Å². The number of carbonyl (C=O) groups is 2. The van der Waals surface area contributed by atoms with Gasteiger partial charge in [-0.3, -0.25) is 4.79 Å². The molecular formula is C17H25NO6S. The molecule has 0 saturated heterocycles. The highest BCUT2D eigenvalue weighted by Crippen LogP contribution is 2.17. The third-order valence-electron chi connectivity index (χ3n) is 2.96. The van der Waals surface area contributed by atoms with Crippen LogP contribution in [0, 0.1) is 0 Å². The van der Waals surface area contributed by atoms with Crippen molar-refractivity contribution in [1.29, 1.82) is 0 Å². The first kappa shape index (κ1) is 21.1. The van der Waals surface area contributed by atoms with Gasteiger partial charge in [-0.1, -0.05) is 12.1 Å². The number of hydrogen-bond acceptors (Lipinski definition) is 6. The Morgan fingerprint density at radius 3 is 2.24 bits per heavy atom. The standard InChI is InChI=1S/C17H25NO6S/c1-12(2)23-16(19)10-7-11-18-25(21,22)15-9-6-5-8-14(15)17(20)24-13(3)4/h5-6,8-9,12-13,18H,7,10-11H2,1-4H3. The van der Waals surface area contributed by atoms with E-state index in [1.54, 1.807) is 33.8 Å². The van der Waals surface area contributed by atoms with Crippen LogP contribution in [-0.2, 0) is 24.3 Å². The van der Waals surface area contributed by atoms with E-state index >= 15 is 0 Å². The topological polar surface area (TPSA) is 98.8 Å². The van der Waals surface area contributed by atoms with Crippen LogP contribution in [0.5, 0.6) is 0 Å². The summed E-state index contributed by atoms with van der Waals surface area (Å²) < 4.78 is 37.3. The number of benzene rings is 1. The zero-order chi connectivity index (χ0) is 19.0. The van der Waals surface area contributed by atoms with E-state index in [0.29, 0.717) is 6.42 Å². The lowest BCUT2D eigenvalue weighted by Gasteiger charge is -2.13. The highest BCUT2D eigenvalue weighted by molar-refractivity contribution is 7.89. The zero-order valence-corrected chi connectivity index (χ0v) is 15.8. The molecule has 140 valence electrons. The van der Waals surface area contributed by atoms with E-state index in [4.69, 9.17) is 9.47 Å². The molecule has 7 nitrogen and oxygen atoms in total. The lowest BCUT2D eigenvalue weighted by atomic mass is 10.2. The highest BCUT2D eigenvalue weighted by atomic mass is 32.2. The second-order valence-electron chi connectivity index (χ2n) is 5.99. The van der Waals surface area contributed by atoms with Crippen LogP contribution < -0.4 is 4.72 Å². The molecule has 1 aromatic rings. The van der Waals surface area contributed by atoms with Crippen LogP contribution in [0.4, 0.5) is 0 Å². The number of rotatable bonds is 9. The number of ether oxygens (including phenoxy) is 2. The van der Waals surface area contributed by atoms with Crippen molar-refractivity contribution in [3.05, 3.63) is 29.8 Å². The van der Waals surface area contributed by atoms with Gasteiger partial charge in [-0.15, -0.1) is 0 Å². The number of esters is 2. The third-order valence-corrected chi connectivity index (χ3v) is 4.48. The molecule has 0 aliphatic rings. The first-order chi connectivity index (χ1) is 11.6. The fourth-order valence-electron chi connectivity index (χ4n) is 1.99. The van der Waals surface area contributed by atoms with Gasteiger partial charge in [0.1, 0.15) is 0 Å². The van der Waals surface area contributed by atoms with Gasteiger partial charge in [-0.25, -0.2) is 17.9 Å². The minimum absolute atomic E-state index is 0.0251. The van der Waals surface area contributed by atoms with Gasteiger partial charge in [-0.05, 0) is 46.2 Å². The lowest BCUT2D eigenvalue weighted by Crippen LogP contribution is -2.27. The second kappa shape index (κ2) is 9.53. The zero-order valence-electron chi connectivity index (χ0n) is 14.9. The molecule has 8 heteroatoms. The normalized spacial score (nSPS) is 11.6. The van der Waals surface area contributed by atoms with Crippen molar-refractivity contribution in [2.24, 2.45) is 0 Å². The number of carbonyl (C=O) groups excluding carboxylic acids is 2. The molecule has 0 spiro atoms. The quantitative estimate of drug-likeness (QED) is 0.528. The van der Waals surface area contributed by atoms with E-state index in [2.05, 4.69) is 4.72 Å². The Bertz CT molecular complexity index is 697. The second-order valence-corrected chi connectivity index (χ2v) is 7.73. The van der Waals surface area contributed by atoms with Crippen molar-refractivity contribution < 1.29 is 27.5 Å². The molecule has 0 amide bonds. The van der Waals surface area contributed by atoms with Crippen LogP contribution in [0.25, 0.3) is 0 Å². The van der Waals surface area contributed by atoms with Crippen LogP contribution in [0.15, 0.2) is 29.2 Å². The molecule has 25 heavy (non-hydrogen) atoms. The summed E-state index contributed by atoms with van der Waals surface area (Å²) in [6, 6.07) is 5.84. The smallest absolute Gasteiger partial charge is 0.339 e. The molecule has 1 aromatic carbocycles. The van der Waals surface area contributed by atoms with Crippen LogP contribution in [-0.4, -0.2) is 39.1 Å². The van der Waals surface area contributed by atoms with Crippen LogP contribution in [0.1, 0.15) is 50.9 Å². The first-order valence-electron chi connectivity index (χ1n) is 8.12. The summed E-state index contributed by atoms with van der Waals surface area (Å²) in [4.78, 5) is 23.4. The molecule has 0 radical (unpaired) electrons. The van der Waals surface area contributed by atoms with Crippen LogP contribution in [0.3, 0.4) is 0 Å². The molecule has 0 aliphatic carbocycles. The van der Waals surface area contributed by atoms with Gasteiger partial charge in [0.05, 0.1) is 22.7 Å². The minimum Gasteiger partial charge on any atom is -0.463 e. The Kier molecular flexibility index (Phi) is 8.05. The van der Waals surface area contributed by atoms with Gasteiger partial charge in [-0.2, -0.15) is 0 Å². The molecule has 1 N–H and O–H groups in total. The maximum Gasteiger partial charge on any atom is 0.339 e. The molecule has 0 atom stereocenters. The summed E-state index contributed by atoms with van der Waals surface area (Å²) >= 11 is 0. The first-order valence-corrected chi connectivity index (χ1v) is 9.61. The fourth-order valence-corrected chi connectivity index (χ4v) is 3.25. The van der Waals surface area contributed by atoms with E-state index in [1.807, 2.05) is 0 Å². The highest BCUT2D eigenvalue weighted by Gasteiger charge is 2.23. The molecule has 0 aliphatic heterocycles. The predicted molar refractivity (Wildman–Crippen MR) is 92.6 cm³/mol. The summed E-state index contributed by atoms with van der Waals surface area (Å²) in [6.45, 7) is 6.91. The predicted octanol–water partition coefficient (Wildman–Crippen LogP) is 2.26. The van der Waals surface area contributed by atoms with Crippen molar-refractivity contribution in [2.45, 2.75) is 57.6 Å². The van der Waals surface area contributed by atoms with Gasteiger partial charge in [0.2, 0.25) is 10.0 Å². The summed E-state index contributed by atoms with van der Waals surface area (Å²) in [5.74, 6) is -1.08. The lowest BCUT2D eigenvalue weighted by molar-refractivity contribution is -0.147. The molecule has 0 bridgehead atoms. The largest absolute Gasteiger partial charge is 0.463 e. The van der Waals surface area contributed by atoms with Crippen molar-refractivity contribution in [3.63, 3.8) is 0 Å². The van der Waals surface area contributed by atoms with E-state index in [0.717, 1.165) is 0 Å². The monoisotopic (exact) mass is 371 g/mol. The third kappa shape index (κ3) is 7.23. The summed E-state index contributed by atoms with van der Waals surface area (Å²) in [7, 11) is -3.90. The molecular weight excluding hydrogens is 346 g/mol. The van der Waals surface area contributed by atoms with Crippen molar-refractivity contribution in [1.82, 2.24) is 4.72 Å². The SMILES string of the molecule is CC(C)OC(=O)CCCNS(=O)(=O)c1ccccc1C(=O)OC(C)C. The van der Waals surface area contributed by atoms with Crippen LogP contribution >= 0.6 is 0 Å². The Morgan fingerprint density at radius 2 is 1.64 bits per heavy atom. The molecule has 1 rings (SSSR count). The Balaban J connectivity index is 2.73. The summed E-state index contributed by atoms with van der Waals surface area (Å²) in [6.07, 6.45) is -0.160. The average Bonchev–Trinajstić information content (AvgIpc) is 2.50. The average molecular weight is 371 g/mol. The number of nitrogens with one attached hydrogen (secondary N) is 1. The molecule has 0 saturated carbocycles.